The van der Waals surface area contributed by atoms with E-state index >= 15 is 0 Å². The molecule has 0 spiro atoms. The second-order valence-electron chi connectivity index (χ2n) is 8.17. The molecule has 2 aromatic carbocycles. The SMILES string of the molecule is Cc1cccc(C)c1Nc1ncc(-c2ccc(C(=O)NCCN(C)C)cc2)n2cncc12. The molecular weight excluding hydrogens is 400 g/mol. The molecule has 0 bridgehead atoms. The van der Waals surface area contributed by atoms with Gasteiger partial charge in [0.1, 0.15) is 5.52 Å². The van der Waals surface area contributed by atoms with Gasteiger partial charge in [-0.3, -0.25) is 9.20 Å². The summed E-state index contributed by atoms with van der Waals surface area (Å²) in [4.78, 5) is 23.4. The van der Waals surface area contributed by atoms with Gasteiger partial charge < -0.3 is 15.5 Å². The van der Waals surface area contributed by atoms with Gasteiger partial charge in [0.25, 0.3) is 5.91 Å². The third-order valence-corrected chi connectivity index (χ3v) is 5.47. The maximum absolute atomic E-state index is 12.4. The molecule has 0 saturated heterocycles. The van der Waals surface area contributed by atoms with Gasteiger partial charge in [-0.05, 0) is 51.2 Å². The topological polar surface area (TPSA) is 74.6 Å². The second-order valence-corrected chi connectivity index (χ2v) is 8.17. The van der Waals surface area contributed by atoms with Crippen molar-refractivity contribution in [3.8, 4) is 11.3 Å². The van der Waals surface area contributed by atoms with Crippen LogP contribution in [0.5, 0.6) is 0 Å². The van der Waals surface area contributed by atoms with Crippen molar-refractivity contribution >= 4 is 22.9 Å². The number of nitrogens with one attached hydrogen (secondary N) is 2. The van der Waals surface area contributed by atoms with E-state index in [1.165, 1.54) is 0 Å². The lowest BCUT2D eigenvalue weighted by Gasteiger charge is -2.14. The van der Waals surface area contributed by atoms with Crippen LogP contribution in [0, 0.1) is 13.8 Å². The molecule has 0 saturated carbocycles. The fourth-order valence-corrected chi connectivity index (χ4v) is 3.64. The third-order valence-electron chi connectivity index (χ3n) is 5.47. The second kappa shape index (κ2) is 9.20. The van der Waals surface area contributed by atoms with E-state index in [4.69, 9.17) is 4.98 Å². The van der Waals surface area contributed by atoms with Crippen LogP contribution >= 0.6 is 0 Å². The lowest BCUT2D eigenvalue weighted by molar-refractivity contribution is 0.0951. The Balaban J connectivity index is 1.59. The minimum absolute atomic E-state index is 0.0718. The molecule has 164 valence electrons. The van der Waals surface area contributed by atoms with E-state index in [2.05, 4.69) is 41.6 Å². The highest BCUT2D eigenvalue weighted by atomic mass is 16.1. The molecule has 0 atom stereocenters. The number of likely N-dealkylation sites (N-methyl/N-ethyl adjacent to an activating group) is 1. The van der Waals surface area contributed by atoms with Crippen LogP contribution in [0.1, 0.15) is 21.5 Å². The molecular formula is C25H28N6O. The molecule has 4 rings (SSSR count). The number of amides is 1. The molecule has 0 radical (unpaired) electrons. The first-order valence-corrected chi connectivity index (χ1v) is 10.6. The lowest BCUT2D eigenvalue weighted by atomic mass is 10.1. The van der Waals surface area contributed by atoms with E-state index in [1.807, 2.05) is 59.9 Å². The Labute approximate surface area is 188 Å². The number of hydrogen-bond acceptors (Lipinski definition) is 5. The summed E-state index contributed by atoms with van der Waals surface area (Å²) in [6.07, 6.45) is 5.42. The number of fused-ring (bicyclic) bond motifs is 1. The van der Waals surface area contributed by atoms with Gasteiger partial charge in [0.05, 0.1) is 24.4 Å². The van der Waals surface area contributed by atoms with Crippen molar-refractivity contribution in [2.24, 2.45) is 0 Å². The molecule has 0 aliphatic rings. The predicted octanol–water partition coefficient (Wildman–Crippen LogP) is 4.05. The van der Waals surface area contributed by atoms with Crippen LogP contribution in [-0.4, -0.2) is 52.4 Å². The fourth-order valence-electron chi connectivity index (χ4n) is 3.64. The van der Waals surface area contributed by atoms with Crippen LogP contribution < -0.4 is 10.6 Å². The standard InChI is InChI=1S/C25H28N6O/c1-17-6-5-7-18(2)23(17)29-24-22-14-26-16-31(22)21(15-28-24)19-8-10-20(11-9-19)25(32)27-12-13-30(3)4/h5-11,14-16H,12-13H2,1-4H3,(H,27,32)(H,28,29). The minimum atomic E-state index is -0.0718. The number of nitrogens with zero attached hydrogens (tertiary/aromatic N) is 4. The van der Waals surface area contributed by atoms with Crippen molar-refractivity contribution in [3.05, 3.63) is 77.9 Å². The summed E-state index contributed by atoms with van der Waals surface area (Å²) in [5.41, 5.74) is 6.76. The molecule has 7 nitrogen and oxygen atoms in total. The predicted molar refractivity (Wildman–Crippen MR) is 129 cm³/mol. The quantitative estimate of drug-likeness (QED) is 0.465. The molecule has 32 heavy (non-hydrogen) atoms. The lowest BCUT2D eigenvalue weighted by Crippen LogP contribution is -2.31. The Morgan fingerprint density at radius 3 is 2.44 bits per heavy atom. The van der Waals surface area contributed by atoms with Gasteiger partial charge >= 0.3 is 0 Å². The van der Waals surface area contributed by atoms with Crippen molar-refractivity contribution in [1.29, 1.82) is 0 Å². The number of benzene rings is 2. The van der Waals surface area contributed by atoms with Gasteiger partial charge in [-0.1, -0.05) is 30.3 Å². The zero-order chi connectivity index (χ0) is 22.7. The van der Waals surface area contributed by atoms with E-state index in [-0.39, 0.29) is 5.91 Å². The van der Waals surface area contributed by atoms with E-state index < -0.39 is 0 Å². The molecule has 2 N–H and O–H groups in total. The first-order valence-electron chi connectivity index (χ1n) is 10.6. The maximum Gasteiger partial charge on any atom is 0.251 e. The van der Waals surface area contributed by atoms with Crippen LogP contribution in [0.2, 0.25) is 0 Å². The smallest absolute Gasteiger partial charge is 0.251 e. The Morgan fingerprint density at radius 1 is 1.03 bits per heavy atom. The molecule has 2 aromatic heterocycles. The molecule has 2 heterocycles. The minimum Gasteiger partial charge on any atom is -0.351 e. The van der Waals surface area contributed by atoms with Gasteiger partial charge in [0.2, 0.25) is 0 Å². The summed E-state index contributed by atoms with van der Waals surface area (Å²) in [5.74, 6) is 0.679. The Kier molecular flexibility index (Phi) is 6.18. The number of rotatable bonds is 7. The highest BCUT2D eigenvalue weighted by molar-refractivity contribution is 5.94. The summed E-state index contributed by atoms with van der Waals surface area (Å²) in [5, 5.41) is 6.41. The van der Waals surface area contributed by atoms with Crippen molar-refractivity contribution in [2.45, 2.75) is 13.8 Å². The maximum atomic E-state index is 12.4. The zero-order valence-corrected chi connectivity index (χ0v) is 18.9. The zero-order valence-electron chi connectivity index (χ0n) is 18.9. The molecule has 4 aromatic rings. The Hall–Kier alpha value is -3.71. The van der Waals surface area contributed by atoms with Gasteiger partial charge in [-0.2, -0.15) is 0 Å². The summed E-state index contributed by atoms with van der Waals surface area (Å²) >= 11 is 0. The number of para-hydroxylation sites is 1. The van der Waals surface area contributed by atoms with Crippen LogP contribution in [0.4, 0.5) is 11.5 Å². The van der Waals surface area contributed by atoms with E-state index in [0.717, 1.165) is 46.0 Å². The first-order chi connectivity index (χ1) is 15.4. The Bertz CT molecular complexity index is 1220. The van der Waals surface area contributed by atoms with Crippen LogP contribution in [-0.2, 0) is 0 Å². The van der Waals surface area contributed by atoms with Gasteiger partial charge in [0, 0.05) is 29.9 Å². The molecule has 0 fully saturated rings. The van der Waals surface area contributed by atoms with Crippen molar-refractivity contribution in [1.82, 2.24) is 24.6 Å². The molecule has 1 amide bonds. The normalized spacial score (nSPS) is 11.2. The van der Waals surface area contributed by atoms with Gasteiger partial charge in [-0.15, -0.1) is 0 Å². The summed E-state index contributed by atoms with van der Waals surface area (Å²) in [6, 6.07) is 13.8. The number of imidazole rings is 1. The number of aryl methyl sites for hydroxylation is 2. The van der Waals surface area contributed by atoms with E-state index in [1.54, 1.807) is 12.5 Å². The van der Waals surface area contributed by atoms with Crippen molar-refractivity contribution in [3.63, 3.8) is 0 Å². The summed E-state index contributed by atoms with van der Waals surface area (Å²) < 4.78 is 2.01. The average Bonchev–Trinajstić information content (AvgIpc) is 3.26. The highest BCUT2D eigenvalue weighted by Gasteiger charge is 2.13. The number of carbonyl (C=O) groups is 1. The monoisotopic (exact) mass is 428 g/mol. The van der Waals surface area contributed by atoms with Crippen LogP contribution in [0.25, 0.3) is 16.8 Å². The van der Waals surface area contributed by atoms with Crippen LogP contribution in [0.3, 0.4) is 0 Å². The average molecular weight is 429 g/mol. The molecule has 7 heteroatoms. The number of aromatic nitrogens is 3. The third kappa shape index (κ3) is 4.48. The summed E-state index contributed by atoms with van der Waals surface area (Å²) in [7, 11) is 3.96. The summed E-state index contributed by atoms with van der Waals surface area (Å²) in [6.45, 7) is 5.57. The largest absolute Gasteiger partial charge is 0.351 e. The van der Waals surface area contributed by atoms with E-state index in [9.17, 15) is 4.79 Å². The molecule has 0 aliphatic heterocycles. The van der Waals surface area contributed by atoms with Crippen molar-refractivity contribution in [2.75, 3.05) is 32.5 Å². The number of hydrogen-bond donors (Lipinski definition) is 2. The fraction of sp³-hybridized carbons (Fsp3) is 0.240. The number of carbonyl (C=O) groups excluding carboxylic acids is 1. The van der Waals surface area contributed by atoms with Crippen LogP contribution in [0.15, 0.2) is 61.2 Å². The molecule has 0 unspecified atom stereocenters. The van der Waals surface area contributed by atoms with Crippen molar-refractivity contribution < 1.29 is 4.79 Å². The van der Waals surface area contributed by atoms with E-state index in [0.29, 0.717) is 12.1 Å². The first kappa shape index (κ1) is 21.5. The van der Waals surface area contributed by atoms with Gasteiger partial charge in [0.15, 0.2) is 5.82 Å². The highest BCUT2D eigenvalue weighted by Crippen LogP contribution is 2.28. The Morgan fingerprint density at radius 2 is 1.75 bits per heavy atom. The molecule has 0 aliphatic carbocycles. The van der Waals surface area contributed by atoms with Gasteiger partial charge in [-0.25, -0.2) is 9.97 Å². The number of anilines is 2.